The van der Waals surface area contributed by atoms with Gasteiger partial charge in [-0.2, -0.15) is 0 Å². The molecule has 0 bridgehead atoms. The van der Waals surface area contributed by atoms with Crippen molar-refractivity contribution in [1.82, 2.24) is 0 Å². The van der Waals surface area contributed by atoms with Gasteiger partial charge in [0.15, 0.2) is 6.10 Å². The van der Waals surface area contributed by atoms with Crippen LogP contribution in [-0.4, -0.2) is 37.2 Å². The summed E-state index contributed by atoms with van der Waals surface area (Å²) in [7, 11) is 0. The van der Waals surface area contributed by atoms with Crippen LogP contribution in [-0.2, 0) is 28.6 Å². The minimum atomic E-state index is -0.771. The lowest BCUT2D eigenvalue weighted by molar-refractivity contribution is -0.167. The first kappa shape index (κ1) is 67.4. The summed E-state index contributed by atoms with van der Waals surface area (Å²) in [6.07, 6.45) is 73.0. The molecule has 0 aromatic heterocycles. The molecule has 0 rings (SSSR count). The van der Waals surface area contributed by atoms with Crippen LogP contribution in [0.1, 0.15) is 323 Å². The first-order valence-electron chi connectivity index (χ1n) is 30.6. The zero-order valence-electron chi connectivity index (χ0n) is 46.8. The third-order valence-corrected chi connectivity index (χ3v) is 13.5. The molecule has 408 valence electrons. The summed E-state index contributed by atoms with van der Waals surface area (Å²) in [5.74, 6) is -0.873. The summed E-state index contributed by atoms with van der Waals surface area (Å²) >= 11 is 0. The average Bonchev–Trinajstić information content (AvgIpc) is 3.36. The molecule has 0 radical (unpaired) electrons. The van der Waals surface area contributed by atoms with Gasteiger partial charge < -0.3 is 14.2 Å². The van der Waals surface area contributed by atoms with Gasteiger partial charge in [0.05, 0.1) is 0 Å². The van der Waals surface area contributed by atoms with Crippen LogP contribution in [0.2, 0.25) is 0 Å². The minimum Gasteiger partial charge on any atom is -0.462 e. The number of rotatable bonds is 56. The predicted molar refractivity (Wildman–Crippen MR) is 302 cm³/mol. The molecule has 0 heterocycles. The normalized spacial score (nSPS) is 12.3. The Morgan fingerprint density at radius 1 is 0.286 bits per heavy atom. The van der Waals surface area contributed by atoms with Gasteiger partial charge in [-0.3, -0.25) is 14.4 Å². The molecule has 0 aliphatic carbocycles. The molecular formula is C64H116O6. The van der Waals surface area contributed by atoms with E-state index >= 15 is 0 Å². The van der Waals surface area contributed by atoms with Gasteiger partial charge in [-0.1, -0.05) is 275 Å². The van der Waals surface area contributed by atoms with Gasteiger partial charge in [0.1, 0.15) is 13.2 Å². The number of carbonyl (C=O) groups is 3. The Labute approximate surface area is 435 Å². The van der Waals surface area contributed by atoms with Crippen molar-refractivity contribution in [3.63, 3.8) is 0 Å². The largest absolute Gasteiger partial charge is 0.462 e. The second-order valence-electron chi connectivity index (χ2n) is 20.6. The van der Waals surface area contributed by atoms with E-state index in [4.69, 9.17) is 14.2 Å². The molecule has 70 heavy (non-hydrogen) atoms. The molecule has 0 fully saturated rings. The van der Waals surface area contributed by atoms with Crippen molar-refractivity contribution in [3.8, 4) is 0 Å². The fourth-order valence-electron chi connectivity index (χ4n) is 8.92. The van der Waals surface area contributed by atoms with Crippen LogP contribution in [0.5, 0.6) is 0 Å². The van der Waals surface area contributed by atoms with E-state index in [0.29, 0.717) is 19.3 Å². The second-order valence-corrected chi connectivity index (χ2v) is 20.6. The molecule has 0 aliphatic heterocycles. The molecular weight excluding hydrogens is 865 g/mol. The Bertz CT molecular complexity index is 1220. The summed E-state index contributed by atoms with van der Waals surface area (Å²) < 4.78 is 16.8. The zero-order chi connectivity index (χ0) is 50.7. The summed E-state index contributed by atoms with van der Waals surface area (Å²) in [5, 5.41) is 0. The molecule has 0 amide bonds. The molecule has 0 saturated heterocycles. The Balaban J connectivity index is 3.95. The van der Waals surface area contributed by atoms with Crippen molar-refractivity contribution >= 4 is 17.9 Å². The first-order chi connectivity index (χ1) is 34.5. The highest BCUT2D eigenvalue weighted by molar-refractivity contribution is 5.71. The number of carbonyl (C=O) groups excluding carboxylic acids is 3. The molecule has 1 unspecified atom stereocenters. The zero-order valence-corrected chi connectivity index (χ0v) is 46.8. The van der Waals surface area contributed by atoms with Gasteiger partial charge in [-0.15, -0.1) is 0 Å². The molecule has 0 aromatic rings. The average molecular weight is 982 g/mol. The molecule has 6 heteroatoms. The van der Waals surface area contributed by atoms with Crippen LogP contribution in [0.4, 0.5) is 0 Å². The van der Waals surface area contributed by atoms with Crippen LogP contribution in [0.3, 0.4) is 0 Å². The SMILES string of the molecule is CCC/C=C\CCCCCCCC(=O)OC(COC(=O)CCCCCCCCCCC)COC(=O)CCCCCCCCCCCCCCCCCCCC/C=C\C/C=C\C/C=C\CCCCCCC. The van der Waals surface area contributed by atoms with Crippen molar-refractivity contribution in [2.24, 2.45) is 0 Å². The number of esters is 3. The van der Waals surface area contributed by atoms with Crippen LogP contribution >= 0.6 is 0 Å². The van der Waals surface area contributed by atoms with Gasteiger partial charge in [0, 0.05) is 19.3 Å². The van der Waals surface area contributed by atoms with Crippen molar-refractivity contribution in [3.05, 3.63) is 48.6 Å². The molecule has 0 aliphatic rings. The van der Waals surface area contributed by atoms with E-state index in [9.17, 15) is 14.4 Å². The number of hydrogen-bond acceptors (Lipinski definition) is 6. The molecule has 0 spiro atoms. The van der Waals surface area contributed by atoms with E-state index in [2.05, 4.69) is 69.4 Å². The predicted octanol–water partition coefficient (Wildman–Crippen LogP) is 20.6. The molecule has 6 nitrogen and oxygen atoms in total. The lowest BCUT2D eigenvalue weighted by atomic mass is 10.0. The van der Waals surface area contributed by atoms with E-state index in [1.807, 2.05) is 0 Å². The van der Waals surface area contributed by atoms with Crippen LogP contribution in [0, 0.1) is 0 Å². The van der Waals surface area contributed by atoms with E-state index in [1.54, 1.807) is 0 Å². The molecule has 0 saturated carbocycles. The van der Waals surface area contributed by atoms with E-state index in [-0.39, 0.29) is 31.1 Å². The van der Waals surface area contributed by atoms with Crippen LogP contribution in [0.15, 0.2) is 48.6 Å². The van der Waals surface area contributed by atoms with Crippen LogP contribution in [0.25, 0.3) is 0 Å². The summed E-state index contributed by atoms with van der Waals surface area (Å²) in [6.45, 7) is 6.56. The van der Waals surface area contributed by atoms with Gasteiger partial charge in [-0.05, 0) is 77.0 Å². The third-order valence-electron chi connectivity index (χ3n) is 13.5. The second kappa shape index (κ2) is 58.9. The Hall–Kier alpha value is -2.63. The Morgan fingerprint density at radius 2 is 0.543 bits per heavy atom. The van der Waals surface area contributed by atoms with Crippen LogP contribution < -0.4 is 0 Å². The van der Waals surface area contributed by atoms with E-state index < -0.39 is 6.10 Å². The fraction of sp³-hybridized carbons (Fsp3) is 0.828. The Kier molecular flexibility index (Phi) is 56.7. The third kappa shape index (κ3) is 56.3. The maximum absolute atomic E-state index is 12.7. The molecule has 0 N–H and O–H groups in total. The topological polar surface area (TPSA) is 78.9 Å². The number of ether oxygens (including phenoxy) is 3. The number of allylic oxidation sites excluding steroid dienone is 8. The maximum atomic E-state index is 12.7. The van der Waals surface area contributed by atoms with Gasteiger partial charge >= 0.3 is 17.9 Å². The fourth-order valence-corrected chi connectivity index (χ4v) is 8.92. The maximum Gasteiger partial charge on any atom is 0.306 e. The van der Waals surface area contributed by atoms with Crippen molar-refractivity contribution in [2.75, 3.05) is 13.2 Å². The lowest BCUT2D eigenvalue weighted by Crippen LogP contribution is -2.30. The molecule has 1 atom stereocenters. The van der Waals surface area contributed by atoms with E-state index in [1.165, 1.54) is 193 Å². The van der Waals surface area contributed by atoms with Crippen molar-refractivity contribution in [1.29, 1.82) is 0 Å². The smallest absolute Gasteiger partial charge is 0.306 e. The highest BCUT2D eigenvalue weighted by Gasteiger charge is 2.19. The van der Waals surface area contributed by atoms with E-state index in [0.717, 1.165) is 89.9 Å². The van der Waals surface area contributed by atoms with Gasteiger partial charge in [0.2, 0.25) is 0 Å². The summed E-state index contributed by atoms with van der Waals surface area (Å²) in [5.41, 5.74) is 0. The van der Waals surface area contributed by atoms with Gasteiger partial charge in [0.25, 0.3) is 0 Å². The number of unbranched alkanes of at least 4 members (excludes halogenated alkanes) is 37. The highest BCUT2D eigenvalue weighted by atomic mass is 16.6. The first-order valence-corrected chi connectivity index (χ1v) is 30.6. The lowest BCUT2D eigenvalue weighted by Gasteiger charge is -2.18. The van der Waals surface area contributed by atoms with Crippen molar-refractivity contribution < 1.29 is 28.6 Å². The van der Waals surface area contributed by atoms with Crippen molar-refractivity contribution in [2.45, 2.75) is 329 Å². The highest BCUT2D eigenvalue weighted by Crippen LogP contribution is 2.17. The summed E-state index contributed by atoms with van der Waals surface area (Å²) in [6, 6.07) is 0. The van der Waals surface area contributed by atoms with Gasteiger partial charge in [-0.25, -0.2) is 0 Å². The Morgan fingerprint density at radius 3 is 0.871 bits per heavy atom. The summed E-state index contributed by atoms with van der Waals surface area (Å²) in [4.78, 5) is 37.9. The quantitative estimate of drug-likeness (QED) is 0.0261. The molecule has 0 aromatic carbocycles. The number of hydrogen-bond donors (Lipinski definition) is 0. The minimum absolute atomic E-state index is 0.0724. The monoisotopic (exact) mass is 981 g/mol. The standard InChI is InChI=1S/C64H116O6/c1-4-7-10-13-16-19-21-22-23-24-25-26-27-28-29-30-31-32-33-34-35-36-37-38-39-40-41-42-43-46-48-51-54-57-63(66)69-60-61(59-68-62(65)56-53-50-47-44-18-15-12-9-6-3)70-64(67)58-55-52-49-45-20-17-14-11-8-5-2/h11,14,21-22,24-25,27-28,61H,4-10,12-13,15-20,23,26,29-60H2,1-3H3/b14-11-,22-21-,25-24-,28-27-.